The molecule has 96 valence electrons. The first-order valence-electron chi connectivity index (χ1n) is 6.02. The zero-order chi connectivity index (χ0) is 12.6. The predicted molar refractivity (Wildman–Crippen MR) is 69.3 cm³/mol. The first-order valence-corrected chi connectivity index (χ1v) is 6.02. The van der Waals surface area contributed by atoms with E-state index < -0.39 is 0 Å². The second-order valence-corrected chi connectivity index (χ2v) is 3.77. The molecule has 0 saturated heterocycles. The molecular weight excluding hydrogens is 230 g/mol. The van der Waals surface area contributed by atoms with E-state index in [2.05, 4.69) is 30.9 Å². The normalized spacial score (nSPS) is 10.3. The monoisotopic (exact) mass is 247 g/mol. The summed E-state index contributed by atoms with van der Waals surface area (Å²) in [6.07, 6.45) is 6.05. The van der Waals surface area contributed by atoms with Gasteiger partial charge in [-0.25, -0.2) is 9.97 Å². The molecule has 0 aliphatic carbocycles. The number of anilines is 2. The summed E-state index contributed by atoms with van der Waals surface area (Å²) in [6, 6.07) is 1.90. The maximum atomic E-state index is 4.16. The summed E-state index contributed by atoms with van der Waals surface area (Å²) in [5, 5.41) is 14.1. The van der Waals surface area contributed by atoms with Gasteiger partial charge in [-0.15, -0.1) is 5.10 Å². The predicted octanol–water partition coefficient (Wildman–Crippen LogP) is 1.00. The van der Waals surface area contributed by atoms with Gasteiger partial charge in [-0.2, -0.15) is 0 Å². The van der Waals surface area contributed by atoms with Crippen molar-refractivity contribution in [3.05, 3.63) is 24.8 Å². The Morgan fingerprint density at radius 1 is 1.22 bits per heavy atom. The highest BCUT2D eigenvalue weighted by atomic mass is 15.4. The van der Waals surface area contributed by atoms with Crippen LogP contribution in [0.15, 0.2) is 24.8 Å². The van der Waals surface area contributed by atoms with Crippen molar-refractivity contribution in [1.29, 1.82) is 0 Å². The number of aromatic nitrogens is 5. The molecule has 0 aliphatic rings. The summed E-state index contributed by atoms with van der Waals surface area (Å²) in [5.74, 6) is 1.67. The van der Waals surface area contributed by atoms with Crippen molar-refractivity contribution in [2.24, 2.45) is 0 Å². The summed E-state index contributed by atoms with van der Waals surface area (Å²) < 4.78 is 1.81. The van der Waals surface area contributed by atoms with Gasteiger partial charge >= 0.3 is 0 Å². The Morgan fingerprint density at radius 2 is 2.06 bits per heavy atom. The van der Waals surface area contributed by atoms with Gasteiger partial charge in [-0.05, 0) is 13.3 Å². The Kier molecular flexibility index (Phi) is 4.46. The standard InChI is InChI=1S/C11H17N7/c1-2-12-10-8-11(15-9-14-10)13-4-3-6-18-7-5-16-17-18/h5,7-9H,2-4,6H2,1H3,(H2,12,13,14,15). The van der Waals surface area contributed by atoms with Gasteiger partial charge < -0.3 is 10.6 Å². The molecule has 0 aromatic carbocycles. The summed E-state index contributed by atoms with van der Waals surface area (Å²) >= 11 is 0. The third-order valence-corrected chi connectivity index (χ3v) is 2.37. The lowest BCUT2D eigenvalue weighted by Gasteiger charge is -2.07. The minimum atomic E-state index is 0.833. The van der Waals surface area contributed by atoms with Crippen molar-refractivity contribution in [2.75, 3.05) is 23.7 Å². The lowest BCUT2D eigenvalue weighted by molar-refractivity contribution is 0.569. The number of rotatable bonds is 7. The van der Waals surface area contributed by atoms with Crippen molar-refractivity contribution in [2.45, 2.75) is 19.9 Å². The van der Waals surface area contributed by atoms with Crippen LogP contribution in [0, 0.1) is 0 Å². The maximum absolute atomic E-state index is 4.16. The summed E-state index contributed by atoms with van der Waals surface area (Å²) in [4.78, 5) is 8.27. The molecule has 7 heteroatoms. The molecule has 18 heavy (non-hydrogen) atoms. The average Bonchev–Trinajstić information content (AvgIpc) is 2.89. The van der Waals surface area contributed by atoms with E-state index in [-0.39, 0.29) is 0 Å². The van der Waals surface area contributed by atoms with Gasteiger partial charge in [-0.1, -0.05) is 5.21 Å². The minimum absolute atomic E-state index is 0.833. The highest BCUT2D eigenvalue weighted by molar-refractivity contribution is 5.46. The molecule has 2 rings (SSSR count). The summed E-state index contributed by atoms with van der Waals surface area (Å²) in [5.41, 5.74) is 0. The largest absolute Gasteiger partial charge is 0.370 e. The van der Waals surface area contributed by atoms with E-state index in [1.165, 1.54) is 0 Å². The number of aryl methyl sites for hydroxylation is 1. The van der Waals surface area contributed by atoms with Gasteiger partial charge in [0, 0.05) is 31.9 Å². The van der Waals surface area contributed by atoms with Crippen LogP contribution < -0.4 is 10.6 Å². The average molecular weight is 247 g/mol. The van der Waals surface area contributed by atoms with Crippen molar-refractivity contribution in [3.8, 4) is 0 Å². The smallest absolute Gasteiger partial charge is 0.131 e. The van der Waals surface area contributed by atoms with Crippen LogP contribution in [0.5, 0.6) is 0 Å². The Labute approximate surface area is 106 Å². The Hall–Kier alpha value is -2.18. The molecule has 0 unspecified atom stereocenters. The Bertz CT molecular complexity index is 454. The second-order valence-electron chi connectivity index (χ2n) is 3.77. The van der Waals surface area contributed by atoms with E-state index in [1.54, 1.807) is 12.5 Å². The van der Waals surface area contributed by atoms with E-state index in [0.717, 1.165) is 37.7 Å². The SMILES string of the molecule is CCNc1cc(NCCCn2ccnn2)ncn1. The number of nitrogens with one attached hydrogen (secondary N) is 2. The van der Waals surface area contributed by atoms with Gasteiger partial charge in [-0.3, -0.25) is 4.68 Å². The highest BCUT2D eigenvalue weighted by Crippen LogP contribution is 2.07. The molecule has 7 nitrogen and oxygen atoms in total. The second kappa shape index (κ2) is 6.53. The van der Waals surface area contributed by atoms with Crippen molar-refractivity contribution < 1.29 is 0 Å². The molecule has 0 fully saturated rings. The van der Waals surface area contributed by atoms with Gasteiger partial charge in [0.1, 0.15) is 18.0 Å². The third-order valence-electron chi connectivity index (χ3n) is 2.37. The van der Waals surface area contributed by atoms with Crippen LogP contribution in [-0.4, -0.2) is 38.1 Å². The molecule has 0 spiro atoms. The summed E-state index contributed by atoms with van der Waals surface area (Å²) in [6.45, 7) is 4.57. The third kappa shape index (κ3) is 3.69. The fourth-order valence-electron chi connectivity index (χ4n) is 1.54. The molecule has 2 aromatic rings. The van der Waals surface area contributed by atoms with Crippen molar-refractivity contribution in [3.63, 3.8) is 0 Å². The van der Waals surface area contributed by atoms with Crippen molar-refractivity contribution in [1.82, 2.24) is 25.0 Å². The lowest BCUT2D eigenvalue weighted by Crippen LogP contribution is -2.09. The van der Waals surface area contributed by atoms with Crippen molar-refractivity contribution >= 4 is 11.6 Å². The molecule has 0 aliphatic heterocycles. The molecule has 0 atom stereocenters. The molecule has 2 heterocycles. The van der Waals surface area contributed by atoms with E-state index in [9.17, 15) is 0 Å². The minimum Gasteiger partial charge on any atom is -0.370 e. The van der Waals surface area contributed by atoms with Gasteiger partial charge in [0.25, 0.3) is 0 Å². The molecular formula is C11H17N7. The van der Waals surface area contributed by atoms with E-state index in [4.69, 9.17) is 0 Å². The van der Waals surface area contributed by atoms with E-state index in [1.807, 2.05) is 23.9 Å². The molecule has 2 aromatic heterocycles. The quantitative estimate of drug-likeness (QED) is 0.710. The topological polar surface area (TPSA) is 80.5 Å². The fraction of sp³-hybridized carbons (Fsp3) is 0.455. The number of nitrogens with zero attached hydrogens (tertiary/aromatic N) is 5. The van der Waals surface area contributed by atoms with Crippen LogP contribution in [0.4, 0.5) is 11.6 Å². The zero-order valence-corrected chi connectivity index (χ0v) is 10.4. The first kappa shape index (κ1) is 12.3. The molecule has 0 bridgehead atoms. The summed E-state index contributed by atoms with van der Waals surface area (Å²) in [7, 11) is 0. The Morgan fingerprint density at radius 3 is 2.78 bits per heavy atom. The lowest BCUT2D eigenvalue weighted by atomic mass is 10.4. The van der Waals surface area contributed by atoms with Crippen LogP contribution in [0.25, 0.3) is 0 Å². The van der Waals surface area contributed by atoms with Crippen LogP contribution in [-0.2, 0) is 6.54 Å². The molecule has 0 amide bonds. The fourth-order valence-corrected chi connectivity index (χ4v) is 1.54. The molecule has 0 saturated carbocycles. The van der Waals surface area contributed by atoms with Crippen LogP contribution in [0.3, 0.4) is 0 Å². The molecule has 2 N–H and O–H groups in total. The zero-order valence-electron chi connectivity index (χ0n) is 10.4. The highest BCUT2D eigenvalue weighted by Gasteiger charge is 1.97. The van der Waals surface area contributed by atoms with Crippen LogP contribution in [0.1, 0.15) is 13.3 Å². The van der Waals surface area contributed by atoms with Gasteiger partial charge in [0.15, 0.2) is 0 Å². The Balaban J connectivity index is 1.74. The first-order chi connectivity index (χ1) is 8.88. The van der Waals surface area contributed by atoms with E-state index >= 15 is 0 Å². The van der Waals surface area contributed by atoms with Gasteiger partial charge in [0.2, 0.25) is 0 Å². The number of hydrogen-bond donors (Lipinski definition) is 2. The van der Waals surface area contributed by atoms with Gasteiger partial charge in [0.05, 0.1) is 6.20 Å². The van der Waals surface area contributed by atoms with Crippen LogP contribution >= 0.6 is 0 Å². The molecule has 0 radical (unpaired) electrons. The van der Waals surface area contributed by atoms with Crippen LogP contribution in [0.2, 0.25) is 0 Å². The number of hydrogen-bond acceptors (Lipinski definition) is 6. The van der Waals surface area contributed by atoms with E-state index in [0.29, 0.717) is 0 Å². The maximum Gasteiger partial charge on any atom is 0.131 e.